The lowest BCUT2D eigenvalue weighted by molar-refractivity contribution is -0.144. The van der Waals surface area contributed by atoms with Gasteiger partial charge in [0.2, 0.25) is 0 Å². The van der Waals surface area contributed by atoms with Gasteiger partial charge in [0.15, 0.2) is 0 Å². The molecule has 0 saturated heterocycles. The lowest BCUT2D eigenvalue weighted by atomic mass is 9.96. The number of aliphatic carboxylic acids is 1. The van der Waals surface area contributed by atoms with Gasteiger partial charge in [-0.05, 0) is 44.4 Å². The van der Waals surface area contributed by atoms with Crippen LogP contribution in [0.3, 0.4) is 0 Å². The summed E-state index contributed by atoms with van der Waals surface area (Å²) in [5.74, 6) is -0.989. The number of hydrogen-bond acceptors (Lipinski definition) is 3. The molecule has 0 aliphatic heterocycles. The van der Waals surface area contributed by atoms with Gasteiger partial charge in [0.05, 0.1) is 0 Å². The number of carbonyl (C=O) groups excluding carboxylic acids is 1. The van der Waals surface area contributed by atoms with Crippen LogP contribution in [0.4, 0.5) is 10.5 Å². The Kier molecular flexibility index (Phi) is 4.47. The summed E-state index contributed by atoms with van der Waals surface area (Å²) in [4.78, 5) is 23.5. The predicted octanol–water partition coefficient (Wildman–Crippen LogP) is 1.78. The van der Waals surface area contributed by atoms with Crippen molar-refractivity contribution in [3.63, 3.8) is 0 Å². The molecule has 0 spiro atoms. The third-order valence-electron chi connectivity index (χ3n) is 3.84. The minimum Gasteiger partial charge on any atom is -0.480 e. The van der Waals surface area contributed by atoms with Crippen molar-refractivity contribution >= 4 is 17.7 Å². The zero-order valence-corrected chi connectivity index (χ0v) is 12.3. The van der Waals surface area contributed by atoms with E-state index < -0.39 is 17.5 Å². The molecule has 4 N–H and O–H groups in total. The predicted molar refractivity (Wildman–Crippen MR) is 80.1 cm³/mol. The average molecular weight is 291 g/mol. The Labute approximate surface area is 123 Å². The maximum Gasteiger partial charge on any atom is 0.329 e. The number of para-hydroxylation sites is 1. The molecule has 6 heteroatoms. The molecule has 0 aromatic heterocycles. The number of rotatable bonds is 6. The third-order valence-corrected chi connectivity index (χ3v) is 3.84. The summed E-state index contributed by atoms with van der Waals surface area (Å²) in [5, 5.41) is 17.7. The van der Waals surface area contributed by atoms with Crippen LogP contribution >= 0.6 is 0 Å². The van der Waals surface area contributed by atoms with Crippen LogP contribution in [0.5, 0.6) is 0 Å². The van der Waals surface area contributed by atoms with Gasteiger partial charge < -0.3 is 21.1 Å². The standard InChI is InChI=1S/C15H21N3O3/c1-15(13(19)20,11-7-8-11)18-14(21)17-12-6-4-3-5-10(12)9-16-2/h3-6,11,16H,7-9H2,1-2H3,(H,19,20)(H2,17,18,21). The summed E-state index contributed by atoms with van der Waals surface area (Å²) in [5.41, 5.74) is 0.411. The summed E-state index contributed by atoms with van der Waals surface area (Å²) in [6, 6.07) is 6.92. The van der Waals surface area contributed by atoms with E-state index in [0.29, 0.717) is 12.2 Å². The van der Waals surface area contributed by atoms with Crippen molar-refractivity contribution in [2.24, 2.45) is 5.92 Å². The first-order valence-corrected chi connectivity index (χ1v) is 7.02. The SMILES string of the molecule is CNCc1ccccc1NC(=O)NC(C)(C(=O)O)C1CC1. The summed E-state index contributed by atoms with van der Waals surface area (Å²) < 4.78 is 0. The second-order valence-corrected chi connectivity index (χ2v) is 5.55. The first-order chi connectivity index (χ1) is 9.97. The van der Waals surface area contributed by atoms with Gasteiger partial charge in [-0.3, -0.25) is 0 Å². The number of amides is 2. The average Bonchev–Trinajstić information content (AvgIpc) is 3.25. The molecule has 1 aliphatic rings. The molecule has 21 heavy (non-hydrogen) atoms. The fraction of sp³-hybridized carbons (Fsp3) is 0.467. The van der Waals surface area contributed by atoms with E-state index in [9.17, 15) is 14.7 Å². The number of hydrogen-bond donors (Lipinski definition) is 4. The minimum atomic E-state index is -1.21. The Morgan fingerprint density at radius 3 is 2.57 bits per heavy atom. The molecule has 1 unspecified atom stereocenters. The summed E-state index contributed by atoms with van der Waals surface area (Å²) >= 11 is 0. The van der Waals surface area contributed by atoms with Gasteiger partial charge in [-0.1, -0.05) is 18.2 Å². The van der Waals surface area contributed by atoms with E-state index in [1.165, 1.54) is 0 Å². The molecule has 114 valence electrons. The van der Waals surface area contributed by atoms with E-state index in [2.05, 4.69) is 16.0 Å². The van der Waals surface area contributed by atoms with Crippen molar-refractivity contribution in [3.05, 3.63) is 29.8 Å². The topological polar surface area (TPSA) is 90.5 Å². The molecule has 1 fully saturated rings. The number of carboxylic acid groups (broad SMARTS) is 1. The highest BCUT2D eigenvalue weighted by atomic mass is 16.4. The van der Waals surface area contributed by atoms with E-state index >= 15 is 0 Å². The summed E-state index contributed by atoms with van der Waals surface area (Å²) in [6.45, 7) is 2.18. The zero-order valence-electron chi connectivity index (χ0n) is 12.3. The van der Waals surface area contributed by atoms with Crippen molar-refractivity contribution in [2.75, 3.05) is 12.4 Å². The molecular weight excluding hydrogens is 270 g/mol. The van der Waals surface area contributed by atoms with Crippen LogP contribution in [-0.4, -0.2) is 29.7 Å². The van der Waals surface area contributed by atoms with Gasteiger partial charge in [-0.25, -0.2) is 9.59 Å². The largest absolute Gasteiger partial charge is 0.480 e. The molecule has 1 aromatic rings. The van der Waals surface area contributed by atoms with Gasteiger partial charge in [0.1, 0.15) is 5.54 Å². The van der Waals surface area contributed by atoms with Crippen LogP contribution in [-0.2, 0) is 11.3 Å². The lowest BCUT2D eigenvalue weighted by Gasteiger charge is -2.26. The second-order valence-electron chi connectivity index (χ2n) is 5.55. The Balaban J connectivity index is 2.06. The molecule has 6 nitrogen and oxygen atoms in total. The minimum absolute atomic E-state index is 0.00769. The molecule has 1 atom stereocenters. The number of carbonyl (C=O) groups is 2. The Morgan fingerprint density at radius 2 is 2.00 bits per heavy atom. The molecule has 0 radical (unpaired) electrons. The van der Waals surface area contributed by atoms with Crippen molar-refractivity contribution in [2.45, 2.75) is 31.8 Å². The highest BCUT2D eigenvalue weighted by Crippen LogP contribution is 2.39. The quantitative estimate of drug-likeness (QED) is 0.643. The maximum atomic E-state index is 12.1. The number of urea groups is 1. The Hall–Kier alpha value is -2.08. The number of benzene rings is 1. The van der Waals surface area contributed by atoms with Crippen LogP contribution in [0, 0.1) is 5.92 Å². The van der Waals surface area contributed by atoms with E-state index in [4.69, 9.17) is 0 Å². The van der Waals surface area contributed by atoms with Crippen LogP contribution in [0.15, 0.2) is 24.3 Å². The second kappa shape index (κ2) is 6.13. The number of carboxylic acids is 1. The molecule has 1 saturated carbocycles. The molecule has 1 aliphatic carbocycles. The number of anilines is 1. The van der Waals surface area contributed by atoms with Gasteiger partial charge >= 0.3 is 12.0 Å². The highest BCUT2D eigenvalue weighted by Gasteiger charge is 2.48. The zero-order chi connectivity index (χ0) is 15.5. The van der Waals surface area contributed by atoms with Gasteiger partial charge in [0, 0.05) is 12.2 Å². The first kappa shape index (κ1) is 15.3. The normalized spacial score (nSPS) is 16.9. The fourth-order valence-electron chi connectivity index (χ4n) is 2.37. The van der Waals surface area contributed by atoms with E-state index in [1.807, 2.05) is 25.2 Å². The van der Waals surface area contributed by atoms with Crippen LogP contribution in [0.1, 0.15) is 25.3 Å². The van der Waals surface area contributed by atoms with Gasteiger partial charge in [-0.15, -0.1) is 0 Å². The van der Waals surface area contributed by atoms with Crippen molar-refractivity contribution in [1.82, 2.24) is 10.6 Å². The third kappa shape index (κ3) is 3.52. The van der Waals surface area contributed by atoms with E-state index in [-0.39, 0.29) is 5.92 Å². The van der Waals surface area contributed by atoms with E-state index in [1.54, 1.807) is 13.0 Å². The molecule has 2 rings (SSSR count). The smallest absolute Gasteiger partial charge is 0.329 e. The molecular formula is C15H21N3O3. The van der Waals surface area contributed by atoms with Gasteiger partial charge in [-0.2, -0.15) is 0 Å². The summed E-state index contributed by atoms with van der Waals surface area (Å²) in [7, 11) is 1.82. The summed E-state index contributed by atoms with van der Waals surface area (Å²) in [6.07, 6.45) is 1.67. The van der Waals surface area contributed by atoms with Crippen LogP contribution in [0.2, 0.25) is 0 Å². The van der Waals surface area contributed by atoms with Crippen LogP contribution in [0.25, 0.3) is 0 Å². The highest BCUT2D eigenvalue weighted by molar-refractivity contribution is 5.94. The maximum absolute atomic E-state index is 12.1. The fourth-order valence-corrected chi connectivity index (χ4v) is 2.37. The van der Waals surface area contributed by atoms with Crippen LogP contribution < -0.4 is 16.0 Å². The molecule has 0 heterocycles. The molecule has 2 amide bonds. The Bertz CT molecular complexity index is 543. The number of nitrogens with one attached hydrogen (secondary N) is 3. The molecule has 0 bridgehead atoms. The van der Waals surface area contributed by atoms with E-state index in [0.717, 1.165) is 18.4 Å². The Morgan fingerprint density at radius 1 is 1.33 bits per heavy atom. The van der Waals surface area contributed by atoms with Crippen molar-refractivity contribution in [3.8, 4) is 0 Å². The lowest BCUT2D eigenvalue weighted by Crippen LogP contribution is -2.55. The molecule has 1 aromatic carbocycles. The first-order valence-electron chi connectivity index (χ1n) is 7.02. The van der Waals surface area contributed by atoms with Crippen molar-refractivity contribution < 1.29 is 14.7 Å². The monoisotopic (exact) mass is 291 g/mol. The van der Waals surface area contributed by atoms with Gasteiger partial charge in [0.25, 0.3) is 0 Å². The van der Waals surface area contributed by atoms with Crippen molar-refractivity contribution in [1.29, 1.82) is 0 Å².